The van der Waals surface area contributed by atoms with Crippen molar-refractivity contribution in [1.29, 1.82) is 0 Å². The van der Waals surface area contributed by atoms with Crippen molar-refractivity contribution in [2.45, 2.75) is 4.90 Å². The predicted octanol–water partition coefficient (Wildman–Crippen LogP) is 0.842. The maximum Gasteiger partial charge on any atom is 0.323 e. The van der Waals surface area contributed by atoms with Crippen LogP contribution in [0.15, 0.2) is 33.7 Å². The van der Waals surface area contributed by atoms with E-state index in [-0.39, 0.29) is 10.5 Å². The van der Waals surface area contributed by atoms with Crippen molar-refractivity contribution in [1.82, 2.24) is 4.90 Å². The summed E-state index contributed by atoms with van der Waals surface area (Å²) in [5, 5.41) is 8.59. The zero-order chi connectivity index (χ0) is 15.3. The molecule has 9 nitrogen and oxygen atoms in total. The number of nitrogens with zero attached hydrogens (tertiary/aromatic N) is 4. The average Bonchev–Trinajstić information content (AvgIpc) is 2.37. The molecule has 106 valence electrons. The van der Waals surface area contributed by atoms with Crippen molar-refractivity contribution >= 4 is 21.9 Å². The number of carbonyl (C=O) groups excluding carboxylic acids is 1. The number of hydrogen-bond donors (Lipinski definition) is 1. The quantitative estimate of drug-likeness (QED) is 0.487. The van der Waals surface area contributed by atoms with E-state index < -0.39 is 28.4 Å². The maximum absolute atomic E-state index is 11.9. The van der Waals surface area contributed by atoms with Gasteiger partial charge in [-0.25, -0.2) is 8.42 Å². The van der Waals surface area contributed by atoms with Crippen LogP contribution in [-0.4, -0.2) is 43.9 Å². The fourth-order valence-electron chi connectivity index (χ4n) is 1.38. The molecule has 0 fully saturated rings. The van der Waals surface area contributed by atoms with Gasteiger partial charge in [0.15, 0.2) is 0 Å². The Morgan fingerprint density at radius 2 is 2.10 bits per heavy atom. The molecule has 0 saturated heterocycles. The van der Waals surface area contributed by atoms with Crippen LogP contribution < -0.4 is 0 Å². The monoisotopic (exact) mass is 298 g/mol. The van der Waals surface area contributed by atoms with Crippen LogP contribution in [0.4, 0.5) is 0 Å². The van der Waals surface area contributed by atoms with E-state index >= 15 is 0 Å². The molecule has 0 heterocycles. The third kappa shape index (κ3) is 3.70. The minimum Gasteiger partial charge on any atom is -0.480 e. The Kier molecular flexibility index (Phi) is 4.68. The smallest absolute Gasteiger partial charge is 0.323 e. The molecule has 0 radical (unpaired) electrons. The Hall–Kier alpha value is -2.58. The first-order valence-electron chi connectivity index (χ1n) is 5.16. The topological polar surface area (TPSA) is 141 Å². The molecular formula is C10H10N4O5S. The highest BCUT2D eigenvalue weighted by molar-refractivity contribution is 7.90. The van der Waals surface area contributed by atoms with Crippen LogP contribution in [0.1, 0.15) is 10.4 Å². The summed E-state index contributed by atoms with van der Waals surface area (Å²) in [6, 6.07) is 4.81. The standard InChI is InChI=1S/C10H10N4O5S/c1-14(6-9(15)16)10(17)7-3-2-4-8(5-7)20(18,19)13-12-11/h2-5H,6H2,1H3,(H,15,16). The van der Waals surface area contributed by atoms with E-state index in [1.807, 2.05) is 0 Å². The third-order valence-electron chi connectivity index (χ3n) is 2.24. The van der Waals surface area contributed by atoms with E-state index in [0.29, 0.717) is 0 Å². The van der Waals surface area contributed by atoms with E-state index in [1.54, 1.807) is 0 Å². The lowest BCUT2D eigenvalue weighted by Gasteiger charge is -2.14. The minimum absolute atomic E-state index is 0.0250. The molecular weight excluding hydrogens is 288 g/mol. The summed E-state index contributed by atoms with van der Waals surface area (Å²) < 4.78 is 25.7. The lowest BCUT2D eigenvalue weighted by molar-refractivity contribution is -0.137. The Morgan fingerprint density at radius 1 is 1.45 bits per heavy atom. The summed E-state index contributed by atoms with van der Waals surface area (Å²) in [6.07, 6.45) is 0. The minimum atomic E-state index is -4.19. The Balaban J connectivity index is 3.14. The summed E-state index contributed by atoms with van der Waals surface area (Å²) in [5.74, 6) is -1.86. The van der Waals surface area contributed by atoms with Crippen molar-refractivity contribution < 1.29 is 23.1 Å². The van der Waals surface area contributed by atoms with Gasteiger partial charge in [-0.3, -0.25) is 9.59 Å². The molecule has 0 unspecified atom stereocenters. The lowest BCUT2D eigenvalue weighted by atomic mass is 10.2. The van der Waals surface area contributed by atoms with Gasteiger partial charge in [-0.15, -0.1) is 0 Å². The first-order valence-corrected chi connectivity index (χ1v) is 6.60. The Morgan fingerprint density at radius 3 is 2.65 bits per heavy atom. The molecule has 1 amide bonds. The normalized spacial score (nSPS) is 10.4. The second-order valence-corrected chi connectivity index (χ2v) is 5.31. The van der Waals surface area contributed by atoms with Gasteiger partial charge in [0.05, 0.1) is 4.90 Å². The van der Waals surface area contributed by atoms with Gasteiger partial charge < -0.3 is 10.0 Å². The molecule has 0 aromatic heterocycles. The molecule has 0 saturated carbocycles. The number of sulfonamides is 1. The summed E-state index contributed by atoms with van der Waals surface area (Å²) >= 11 is 0. The number of amides is 1. The predicted molar refractivity (Wildman–Crippen MR) is 67.4 cm³/mol. The van der Waals surface area contributed by atoms with Crippen molar-refractivity contribution in [2.75, 3.05) is 13.6 Å². The van der Waals surface area contributed by atoms with Crippen LogP contribution in [-0.2, 0) is 14.8 Å². The third-order valence-corrected chi connectivity index (χ3v) is 3.38. The number of hydrogen-bond acceptors (Lipinski definition) is 4. The summed E-state index contributed by atoms with van der Waals surface area (Å²) in [6.45, 7) is -0.522. The van der Waals surface area contributed by atoms with Gasteiger partial charge >= 0.3 is 5.97 Å². The van der Waals surface area contributed by atoms with Gasteiger partial charge in [0.25, 0.3) is 15.9 Å². The Labute approximate surface area is 114 Å². The highest BCUT2D eigenvalue weighted by atomic mass is 32.2. The van der Waals surface area contributed by atoms with Gasteiger partial charge in [-0.1, -0.05) is 6.07 Å². The molecule has 0 atom stereocenters. The average molecular weight is 298 g/mol. The molecule has 0 bridgehead atoms. The van der Waals surface area contributed by atoms with E-state index in [1.165, 1.54) is 19.2 Å². The summed E-state index contributed by atoms with van der Waals surface area (Å²) in [5.41, 5.74) is 8.14. The van der Waals surface area contributed by atoms with Crippen molar-refractivity contribution in [2.24, 2.45) is 4.52 Å². The van der Waals surface area contributed by atoms with Crippen molar-refractivity contribution in [3.63, 3.8) is 0 Å². The molecule has 0 aliphatic carbocycles. The van der Waals surface area contributed by atoms with Crippen LogP contribution in [0.25, 0.3) is 10.4 Å². The number of benzene rings is 1. The number of aliphatic carboxylic acids is 1. The van der Waals surface area contributed by atoms with Crippen LogP contribution in [0.5, 0.6) is 0 Å². The first-order chi connectivity index (χ1) is 9.27. The molecule has 1 rings (SSSR count). The molecule has 0 spiro atoms. The summed E-state index contributed by atoms with van der Waals surface area (Å²) in [4.78, 5) is 25.2. The van der Waals surface area contributed by atoms with Crippen LogP contribution in [0.3, 0.4) is 0 Å². The zero-order valence-corrected chi connectivity index (χ0v) is 11.1. The van der Waals surface area contributed by atoms with Gasteiger partial charge in [-0.05, 0) is 23.7 Å². The highest BCUT2D eigenvalue weighted by Gasteiger charge is 2.18. The molecule has 0 aliphatic heterocycles. The second kappa shape index (κ2) is 6.04. The van der Waals surface area contributed by atoms with Crippen LogP contribution in [0.2, 0.25) is 0 Å². The highest BCUT2D eigenvalue weighted by Crippen LogP contribution is 2.15. The molecule has 20 heavy (non-hydrogen) atoms. The van der Waals surface area contributed by atoms with E-state index in [0.717, 1.165) is 17.0 Å². The molecule has 0 aliphatic rings. The fraction of sp³-hybridized carbons (Fsp3) is 0.200. The molecule has 10 heteroatoms. The van der Waals surface area contributed by atoms with Crippen LogP contribution >= 0.6 is 0 Å². The largest absolute Gasteiger partial charge is 0.480 e. The number of rotatable bonds is 5. The number of azide groups is 1. The van der Waals surface area contributed by atoms with E-state index in [2.05, 4.69) is 9.43 Å². The molecule has 1 aromatic rings. The SMILES string of the molecule is CN(CC(=O)O)C(=O)c1cccc(S(=O)(=O)N=[N+]=[N-])c1. The van der Waals surface area contributed by atoms with Gasteiger partial charge in [0.2, 0.25) is 0 Å². The van der Waals surface area contributed by atoms with Gasteiger partial charge in [0, 0.05) is 22.0 Å². The number of carboxylic acids is 1. The van der Waals surface area contributed by atoms with Crippen molar-refractivity contribution in [3.05, 3.63) is 40.3 Å². The fourth-order valence-corrected chi connectivity index (χ4v) is 2.10. The van der Waals surface area contributed by atoms with Crippen LogP contribution in [0, 0.1) is 0 Å². The number of carboxylic acid groups (broad SMARTS) is 1. The molecule has 1 aromatic carbocycles. The summed E-state index contributed by atoms with van der Waals surface area (Å²) in [7, 11) is -2.92. The Bertz CT molecular complexity index is 693. The number of likely N-dealkylation sites (N-methyl/N-ethyl adjacent to an activating group) is 1. The van der Waals surface area contributed by atoms with E-state index in [4.69, 9.17) is 10.6 Å². The lowest BCUT2D eigenvalue weighted by Crippen LogP contribution is -2.31. The second-order valence-electron chi connectivity index (χ2n) is 3.73. The zero-order valence-electron chi connectivity index (χ0n) is 10.3. The van der Waals surface area contributed by atoms with E-state index in [9.17, 15) is 18.0 Å². The maximum atomic E-state index is 11.9. The van der Waals surface area contributed by atoms with Crippen molar-refractivity contribution in [3.8, 4) is 0 Å². The number of carbonyl (C=O) groups is 2. The molecule has 1 N–H and O–H groups in total. The van der Waals surface area contributed by atoms with Gasteiger partial charge in [-0.2, -0.15) is 0 Å². The first kappa shape index (κ1) is 15.5. The van der Waals surface area contributed by atoms with Gasteiger partial charge in [0.1, 0.15) is 6.54 Å².